The van der Waals surface area contributed by atoms with Crippen molar-refractivity contribution >= 4 is 25.2 Å². The van der Waals surface area contributed by atoms with E-state index in [2.05, 4.69) is 38.1 Å². The van der Waals surface area contributed by atoms with E-state index in [0.29, 0.717) is 11.7 Å². The third-order valence-corrected chi connectivity index (χ3v) is 7.44. The van der Waals surface area contributed by atoms with Crippen LogP contribution in [0, 0.1) is 11.3 Å². The van der Waals surface area contributed by atoms with E-state index in [1.165, 1.54) is 29.3 Å². The van der Waals surface area contributed by atoms with Gasteiger partial charge in [0.05, 0.1) is 0 Å². The van der Waals surface area contributed by atoms with Gasteiger partial charge in [-0.05, 0) is 0 Å². The van der Waals surface area contributed by atoms with Crippen LogP contribution in [-0.4, -0.2) is 20.7 Å². The van der Waals surface area contributed by atoms with Gasteiger partial charge in [-0.1, -0.05) is 0 Å². The molecule has 1 aromatic carbocycles. The minimum absolute atomic E-state index is 0.240. The van der Waals surface area contributed by atoms with Crippen molar-refractivity contribution in [2.45, 2.75) is 44.3 Å². The molecule has 3 atom stereocenters. The fourth-order valence-electron chi connectivity index (χ4n) is 3.75. The van der Waals surface area contributed by atoms with Crippen LogP contribution in [0.2, 0.25) is 4.82 Å². The van der Waals surface area contributed by atoms with Gasteiger partial charge in [0.2, 0.25) is 0 Å². The molecule has 1 nitrogen and oxygen atoms in total. The van der Waals surface area contributed by atoms with Crippen LogP contribution in [-0.2, 0) is 4.79 Å². The summed E-state index contributed by atoms with van der Waals surface area (Å²) in [6.07, 6.45) is 6.91. The minimum atomic E-state index is 0.240. The van der Waals surface area contributed by atoms with Gasteiger partial charge in [0.15, 0.2) is 0 Å². The molecule has 1 fully saturated rings. The van der Waals surface area contributed by atoms with Gasteiger partial charge in [-0.3, -0.25) is 0 Å². The topological polar surface area (TPSA) is 17.1 Å². The van der Waals surface area contributed by atoms with Crippen molar-refractivity contribution in [3.05, 3.63) is 42.0 Å². The summed E-state index contributed by atoms with van der Waals surface area (Å²) in [5.41, 5.74) is 1.72. The first-order chi connectivity index (χ1) is 9.58. The molecule has 0 heterocycles. The van der Waals surface area contributed by atoms with Gasteiger partial charge >= 0.3 is 128 Å². The van der Waals surface area contributed by atoms with Crippen LogP contribution < -0.4 is 4.46 Å². The normalized spacial score (nSPS) is 33.5. The molecule has 0 saturated heterocycles. The maximum absolute atomic E-state index is 12.5. The molecule has 0 bridgehead atoms. The predicted octanol–water partition coefficient (Wildman–Crippen LogP) is 3.53. The summed E-state index contributed by atoms with van der Waals surface area (Å²) in [7, 11) is 0. The van der Waals surface area contributed by atoms with E-state index in [-0.39, 0.29) is 25.2 Å². The zero-order chi connectivity index (χ0) is 14.2. The van der Waals surface area contributed by atoms with E-state index in [1.54, 1.807) is 0 Å². The van der Waals surface area contributed by atoms with Crippen molar-refractivity contribution in [3.8, 4) is 0 Å². The molecule has 0 amide bonds. The van der Waals surface area contributed by atoms with Crippen LogP contribution in [0.25, 0.3) is 0 Å². The molecular weight excluding hydrogens is 311 g/mol. The Balaban J connectivity index is 1.84. The second kappa shape index (κ2) is 5.50. The molecule has 1 saturated carbocycles. The summed E-state index contributed by atoms with van der Waals surface area (Å²) in [5, 5.41) is 0. The average Bonchev–Trinajstić information content (AvgIpc) is 2.43. The molecule has 2 aliphatic carbocycles. The summed E-state index contributed by atoms with van der Waals surface area (Å²) in [6, 6.07) is 10.5. The fraction of sp³-hybridized carbons (Fsp3) is 0.500. The molecule has 20 heavy (non-hydrogen) atoms. The molecule has 0 spiro atoms. The van der Waals surface area contributed by atoms with Crippen LogP contribution in [0.15, 0.2) is 42.0 Å². The number of carbonyl (C=O) groups is 1. The molecule has 1 unspecified atom stereocenters. The molecule has 1 aromatic rings. The van der Waals surface area contributed by atoms with Crippen molar-refractivity contribution in [1.82, 2.24) is 0 Å². The summed E-state index contributed by atoms with van der Waals surface area (Å²) >= 11 is 0.268. The summed E-state index contributed by atoms with van der Waals surface area (Å²) in [4.78, 5) is 12.7. The molecule has 0 N–H and O–H groups in total. The monoisotopic (exact) mass is 334 g/mol. The van der Waals surface area contributed by atoms with E-state index >= 15 is 0 Å². The molecule has 2 aliphatic rings. The molecular formula is C18H22OSe. The van der Waals surface area contributed by atoms with Gasteiger partial charge in [0.1, 0.15) is 0 Å². The van der Waals surface area contributed by atoms with Gasteiger partial charge in [-0.2, -0.15) is 0 Å². The molecule has 2 heteroatoms. The number of ketones is 1. The van der Waals surface area contributed by atoms with Crippen LogP contribution in [0.4, 0.5) is 0 Å². The van der Waals surface area contributed by atoms with E-state index in [1.807, 2.05) is 12.1 Å². The fourth-order valence-corrected chi connectivity index (χ4v) is 6.43. The number of fused-ring (bicyclic) bond motifs is 1. The molecule has 0 aromatic heterocycles. The average molecular weight is 333 g/mol. The Bertz CT molecular complexity index is 534. The van der Waals surface area contributed by atoms with Crippen molar-refractivity contribution in [2.75, 3.05) is 0 Å². The molecule has 3 rings (SSSR count). The van der Waals surface area contributed by atoms with Crippen LogP contribution in [0.3, 0.4) is 0 Å². The third kappa shape index (κ3) is 2.64. The number of hydrogen-bond donors (Lipinski definition) is 0. The number of carbonyl (C=O) groups excluding carboxylic acids is 1. The number of allylic oxidation sites excluding steroid dienone is 2. The Morgan fingerprint density at radius 1 is 1.25 bits per heavy atom. The van der Waals surface area contributed by atoms with E-state index in [4.69, 9.17) is 0 Å². The number of benzene rings is 1. The second-order valence-corrected chi connectivity index (χ2v) is 9.16. The predicted molar refractivity (Wildman–Crippen MR) is 84.4 cm³/mol. The van der Waals surface area contributed by atoms with Gasteiger partial charge in [0.25, 0.3) is 0 Å². The molecule has 106 valence electrons. The van der Waals surface area contributed by atoms with Gasteiger partial charge in [-0.15, -0.1) is 0 Å². The third-order valence-electron chi connectivity index (χ3n) is 4.87. The Morgan fingerprint density at radius 3 is 2.75 bits per heavy atom. The van der Waals surface area contributed by atoms with E-state index in [0.717, 1.165) is 6.42 Å². The summed E-state index contributed by atoms with van der Waals surface area (Å²) in [6.45, 7) is 4.67. The zero-order valence-electron chi connectivity index (χ0n) is 12.3. The summed E-state index contributed by atoms with van der Waals surface area (Å²) in [5.74, 6) is 0.984. The standard InChI is InChI=1S/C18H22OSe/c1-13-7-6-10-18(2)12-17(16(19)11-15(13)18)20-14-8-4-3-5-9-14/h3-5,8-9,11,13,17H,6-7,10,12H2,1-2H3/t13-,17?,18+/m1/s1. The quantitative estimate of drug-likeness (QED) is 0.757. The van der Waals surface area contributed by atoms with E-state index < -0.39 is 0 Å². The Hall–Kier alpha value is -0.851. The Morgan fingerprint density at radius 2 is 2.00 bits per heavy atom. The van der Waals surface area contributed by atoms with Crippen molar-refractivity contribution < 1.29 is 4.79 Å². The van der Waals surface area contributed by atoms with Gasteiger partial charge in [0, 0.05) is 0 Å². The Kier molecular flexibility index (Phi) is 3.88. The number of rotatable bonds is 2. The van der Waals surface area contributed by atoms with Crippen molar-refractivity contribution in [3.63, 3.8) is 0 Å². The maximum atomic E-state index is 12.5. The SMILES string of the molecule is C[C@@H]1CCC[C@@]2(C)CC([Se]c3ccccc3)C(=O)C=C12. The van der Waals surface area contributed by atoms with Gasteiger partial charge in [-0.25, -0.2) is 0 Å². The van der Waals surface area contributed by atoms with Crippen LogP contribution in [0.5, 0.6) is 0 Å². The molecule has 0 aliphatic heterocycles. The second-order valence-electron chi connectivity index (χ2n) is 6.48. The first-order valence-corrected chi connectivity index (χ1v) is 9.41. The van der Waals surface area contributed by atoms with Gasteiger partial charge < -0.3 is 0 Å². The number of hydrogen-bond acceptors (Lipinski definition) is 1. The van der Waals surface area contributed by atoms with E-state index in [9.17, 15) is 4.79 Å². The first kappa shape index (κ1) is 14.1. The zero-order valence-corrected chi connectivity index (χ0v) is 14.0. The van der Waals surface area contributed by atoms with Crippen LogP contribution >= 0.6 is 0 Å². The molecule has 0 radical (unpaired) electrons. The Labute approximate surface area is 128 Å². The first-order valence-electron chi connectivity index (χ1n) is 7.56. The van der Waals surface area contributed by atoms with Crippen LogP contribution in [0.1, 0.15) is 39.5 Å². The van der Waals surface area contributed by atoms with Crippen molar-refractivity contribution in [2.24, 2.45) is 11.3 Å². The van der Waals surface area contributed by atoms with Crippen molar-refractivity contribution in [1.29, 1.82) is 0 Å². The summed E-state index contributed by atoms with van der Waals surface area (Å²) < 4.78 is 1.35.